The summed E-state index contributed by atoms with van der Waals surface area (Å²) in [7, 11) is 0. The van der Waals surface area contributed by atoms with Gasteiger partial charge in [0.25, 0.3) is 5.69 Å². The maximum absolute atomic E-state index is 12.0. The van der Waals surface area contributed by atoms with Gasteiger partial charge in [-0.25, -0.2) is 5.43 Å². The number of phenolic OH excluding ortho intramolecular Hbond substituents is 1. The summed E-state index contributed by atoms with van der Waals surface area (Å²) in [4.78, 5) is 25.2. The summed E-state index contributed by atoms with van der Waals surface area (Å²) in [6, 6.07) is 11.2. The minimum absolute atomic E-state index is 0.127. The smallest absolute Gasteiger partial charge is 0.270 e. The predicted molar refractivity (Wildman–Crippen MR) is 92.5 cm³/mol. The van der Waals surface area contributed by atoms with Crippen molar-refractivity contribution in [3.8, 4) is 5.75 Å². The molecule has 0 aliphatic heterocycles. The van der Waals surface area contributed by atoms with Crippen molar-refractivity contribution in [1.82, 2.24) is 10.4 Å². The average molecular weight is 338 g/mol. The highest BCUT2D eigenvalue weighted by molar-refractivity contribution is 5.90. The Kier molecular flexibility index (Phi) is 4.42. The van der Waals surface area contributed by atoms with Crippen LogP contribution in [0, 0.1) is 10.1 Å². The van der Waals surface area contributed by atoms with Crippen molar-refractivity contribution in [3.05, 3.63) is 69.9 Å². The molecular formula is C17H14N4O4. The zero-order chi connectivity index (χ0) is 17.8. The lowest BCUT2D eigenvalue weighted by Crippen LogP contribution is -2.19. The van der Waals surface area contributed by atoms with Gasteiger partial charge in [0, 0.05) is 34.8 Å². The van der Waals surface area contributed by atoms with E-state index in [-0.39, 0.29) is 29.3 Å². The van der Waals surface area contributed by atoms with Crippen LogP contribution < -0.4 is 5.43 Å². The van der Waals surface area contributed by atoms with Crippen LogP contribution in [-0.2, 0) is 11.2 Å². The second-order valence-corrected chi connectivity index (χ2v) is 5.33. The number of nitrogens with one attached hydrogen (secondary N) is 2. The summed E-state index contributed by atoms with van der Waals surface area (Å²) in [6.07, 6.45) is 3.05. The van der Waals surface area contributed by atoms with Crippen molar-refractivity contribution < 1.29 is 14.8 Å². The van der Waals surface area contributed by atoms with Crippen molar-refractivity contribution in [1.29, 1.82) is 0 Å². The minimum atomic E-state index is -0.577. The average Bonchev–Trinajstić information content (AvgIpc) is 2.99. The Labute approximate surface area is 141 Å². The number of nitro groups is 1. The zero-order valence-electron chi connectivity index (χ0n) is 13.0. The molecule has 0 radical (unpaired) electrons. The number of benzene rings is 2. The van der Waals surface area contributed by atoms with Crippen molar-refractivity contribution in [2.45, 2.75) is 6.42 Å². The fourth-order valence-electron chi connectivity index (χ4n) is 2.42. The first kappa shape index (κ1) is 16.2. The van der Waals surface area contributed by atoms with Gasteiger partial charge in [-0.1, -0.05) is 18.2 Å². The number of carbonyl (C=O) groups is 1. The van der Waals surface area contributed by atoms with Crippen molar-refractivity contribution >= 4 is 28.7 Å². The van der Waals surface area contributed by atoms with Gasteiger partial charge in [0.05, 0.1) is 17.6 Å². The van der Waals surface area contributed by atoms with Gasteiger partial charge in [-0.05, 0) is 17.7 Å². The molecule has 0 aliphatic rings. The molecule has 0 fully saturated rings. The predicted octanol–water partition coefficient (Wildman–Crippen LogP) is 2.47. The fraction of sp³-hybridized carbons (Fsp3) is 0.0588. The molecule has 3 rings (SSSR count). The van der Waals surface area contributed by atoms with E-state index in [9.17, 15) is 20.0 Å². The molecule has 3 aromatic rings. The standard InChI is InChI=1S/C17H14N4O4/c22-16-6-5-13(21(24)25)7-12(16)10-19-20-17(23)8-11-9-18-15-4-2-1-3-14(11)15/h1-7,9-10,18,22H,8H2,(H,20,23)/b19-10+. The summed E-state index contributed by atoms with van der Waals surface area (Å²) < 4.78 is 0. The van der Waals surface area contributed by atoms with Gasteiger partial charge in [-0.3, -0.25) is 14.9 Å². The first-order valence-corrected chi connectivity index (χ1v) is 7.39. The SMILES string of the molecule is O=C(Cc1c[nH]c2ccccc12)N/N=C/c1cc([N+](=O)[O-])ccc1O. The van der Waals surface area contributed by atoms with Crippen LogP contribution in [0.25, 0.3) is 10.9 Å². The maximum Gasteiger partial charge on any atom is 0.270 e. The number of hydrogen-bond acceptors (Lipinski definition) is 5. The number of phenols is 1. The van der Waals surface area contributed by atoms with Crippen molar-refractivity contribution in [2.24, 2.45) is 5.10 Å². The van der Waals surface area contributed by atoms with Crippen LogP contribution in [0.5, 0.6) is 5.75 Å². The normalized spacial score (nSPS) is 11.0. The number of carbonyl (C=O) groups excluding carboxylic acids is 1. The van der Waals surface area contributed by atoms with Crippen LogP contribution in [0.3, 0.4) is 0 Å². The van der Waals surface area contributed by atoms with Gasteiger partial charge in [-0.2, -0.15) is 5.10 Å². The number of para-hydroxylation sites is 1. The third-order valence-electron chi connectivity index (χ3n) is 3.64. The Hall–Kier alpha value is -3.68. The Bertz CT molecular complexity index is 978. The van der Waals surface area contributed by atoms with E-state index >= 15 is 0 Å². The summed E-state index contributed by atoms with van der Waals surface area (Å²) in [5, 5.41) is 25.1. The number of H-pyrrole nitrogens is 1. The van der Waals surface area contributed by atoms with Crippen LogP contribution in [0.15, 0.2) is 53.8 Å². The van der Waals surface area contributed by atoms with Gasteiger partial charge >= 0.3 is 0 Å². The quantitative estimate of drug-likeness (QED) is 0.376. The molecule has 1 aromatic heterocycles. The van der Waals surface area contributed by atoms with Crippen molar-refractivity contribution in [3.63, 3.8) is 0 Å². The molecule has 0 aliphatic carbocycles. The molecule has 0 atom stereocenters. The second-order valence-electron chi connectivity index (χ2n) is 5.33. The number of fused-ring (bicyclic) bond motifs is 1. The maximum atomic E-state index is 12.0. The highest BCUT2D eigenvalue weighted by Crippen LogP contribution is 2.21. The Morgan fingerprint density at radius 2 is 2.12 bits per heavy atom. The number of rotatable bonds is 5. The Balaban J connectivity index is 1.67. The van der Waals surface area contributed by atoms with Crippen LogP contribution in [0.1, 0.15) is 11.1 Å². The molecule has 0 bridgehead atoms. The number of non-ortho nitro benzene ring substituents is 1. The van der Waals surface area contributed by atoms with E-state index in [0.29, 0.717) is 0 Å². The molecule has 0 saturated heterocycles. The van der Waals surface area contributed by atoms with Crippen LogP contribution in [-0.4, -0.2) is 27.1 Å². The van der Waals surface area contributed by atoms with E-state index < -0.39 is 4.92 Å². The van der Waals surface area contributed by atoms with E-state index in [1.165, 1.54) is 18.2 Å². The molecular weight excluding hydrogens is 324 g/mol. The molecule has 8 heteroatoms. The number of nitrogens with zero attached hydrogens (tertiary/aromatic N) is 2. The Morgan fingerprint density at radius 1 is 1.32 bits per heavy atom. The van der Waals surface area contributed by atoms with E-state index in [0.717, 1.165) is 22.7 Å². The molecule has 0 unspecified atom stereocenters. The molecule has 8 nitrogen and oxygen atoms in total. The van der Waals surface area contributed by atoms with E-state index in [2.05, 4.69) is 15.5 Å². The minimum Gasteiger partial charge on any atom is -0.507 e. The van der Waals surface area contributed by atoms with E-state index in [1.807, 2.05) is 24.3 Å². The number of hydrogen-bond donors (Lipinski definition) is 3. The lowest BCUT2D eigenvalue weighted by atomic mass is 10.1. The fourth-order valence-corrected chi connectivity index (χ4v) is 2.42. The summed E-state index contributed by atoms with van der Waals surface area (Å²) in [5.41, 5.74) is 4.08. The molecule has 3 N–H and O–H groups in total. The lowest BCUT2D eigenvalue weighted by Gasteiger charge is -2.00. The highest BCUT2D eigenvalue weighted by atomic mass is 16.6. The molecule has 25 heavy (non-hydrogen) atoms. The number of aromatic nitrogens is 1. The van der Waals surface area contributed by atoms with E-state index in [1.54, 1.807) is 6.20 Å². The topological polar surface area (TPSA) is 121 Å². The van der Waals surface area contributed by atoms with E-state index in [4.69, 9.17) is 0 Å². The Morgan fingerprint density at radius 3 is 2.92 bits per heavy atom. The molecule has 0 saturated carbocycles. The molecule has 1 amide bonds. The van der Waals surface area contributed by atoms with Crippen LogP contribution in [0.2, 0.25) is 0 Å². The summed E-state index contributed by atoms with van der Waals surface area (Å²) in [5.74, 6) is -0.508. The number of amides is 1. The summed E-state index contributed by atoms with van der Waals surface area (Å²) in [6.45, 7) is 0. The van der Waals surface area contributed by atoms with Crippen LogP contribution >= 0.6 is 0 Å². The highest BCUT2D eigenvalue weighted by Gasteiger charge is 2.10. The number of aromatic hydroxyl groups is 1. The van der Waals surface area contributed by atoms with Crippen LogP contribution in [0.4, 0.5) is 5.69 Å². The summed E-state index contributed by atoms with van der Waals surface area (Å²) >= 11 is 0. The first-order valence-electron chi connectivity index (χ1n) is 7.39. The monoisotopic (exact) mass is 338 g/mol. The number of aromatic amines is 1. The zero-order valence-corrected chi connectivity index (χ0v) is 13.0. The number of nitro benzene ring substituents is 1. The van der Waals surface area contributed by atoms with Gasteiger partial charge in [-0.15, -0.1) is 0 Å². The third kappa shape index (κ3) is 3.63. The van der Waals surface area contributed by atoms with Gasteiger partial charge in [0.15, 0.2) is 0 Å². The second kappa shape index (κ2) is 6.83. The first-order chi connectivity index (χ1) is 12.0. The third-order valence-corrected chi connectivity index (χ3v) is 3.64. The number of hydrazone groups is 1. The molecule has 0 spiro atoms. The van der Waals surface area contributed by atoms with Gasteiger partial charge in [0.2, 0.25) is 5.91 Å². The molecule has 1 heterocycles. The lowest BCUT2D eigenvalue weighted by molar-refractivity contribution is -0.384. The molecule has 2 aromatic carbocycles. The molecule has 126 valence electrons. The largest absolute Gasteiger partial charge is 0.507 e. The van der Waals surface area contributed by atoms with Gasteiger partial charge in [0.1, 0.15) is 5.75 Å². The van der Waals surface area contributed by atoms with Gasteiger partial charge < -0.3 is 10.1 Å². The van der Waals surface area contributed by atoms with Crippen molar-refractivity contribution in [2.75, 3.05) is 0 Å².